The number of unbranched alkanes of at least 4 members (excludes halogenated alkanes) is 1. The lowest BCUT2D eigenvalue weighted by atomic mass is 10.1. The highest BCUT2D eigenvalue weighted by Crippen LogP contribution is 2.16. The van der Waals surface area contributed by atoms with Crippen molar-refractivity contribution in [2.75, 3.05) is 0 Å². The predicted molar refractivity (Wildman–Crippen MR) is 93.5 cm³/mol. The molecule has 2 rings (SSSR count). The first-order valence-corrected chi connectivity index (χ1v) is 8.38. The number of rotatable bonds is 7. The molecular formula is C18H24N4O2. The summed E-state index contributed by atoms with van der Waals surface area (Å²) in [5, 5.41) is 10.9. The van der Waals surface area contributed by atoms with Gasteiger partial charge in [-0.2, -0.15) is 0 Å². The molecule has 128 valence electrons. The van der Waals surface area contributed by atoms with Gasteiger partial charge in [0.15, 0.2) is 11.5 Å². The maximum absolute atomic E-state index is 12.3. The van der Waals surface area contributed by atoms with Crippen LogP contribution in [0.2, 0.25) is 0 Å². The Hall–Kier alpha value is -2.50. The first-order valence-electron chi connectivity index (χ1n) is 8.38. The summed E-state index contributed by atoms with van der Waals surface area (Å²) in [7, 11) is 0. The number of hydrogen-bond donors (Lipinski definition) is 2. The van der Waals surface area contributed by atoms with Crippen molar-refractivity contribution >= 4 is 5.91 Å². The van der Waals surface area contributed by atoms with E-state index in [1.54, 1.807) is 0 Å². The predicted octanol–water partition coefficient (Wildman–Crippen LogP) is 2.76. The second-order valence-corrected chi connectivity index (χ2v) is 5.85. The monoisotopic (exact) mass is 328 g/mol. The van der Waals surface area contributed by atoms with Crippen molar-refractivity contribution in [3.05, 3.63) is 45.9 Å². The second kappa shape index (κ2) is 8.38. The Morgan fingerprint density at radius 1 is 1.21 bits per heavy atom. The average molecular weight is 328 g/mol. The van der Waals surface area contributed by atoms with E-state index in [4.69, 9.17) is 0 Å². The average Bonchev–Trinajstić information content (AvgIpc) is 2.58. The van der Waals surface area contributed by atoms with Crippen LogP contribution in [-0.2, 0) is 11.2 Å². The van der Waals surface area contributed by atoms with E-state index in [0.29, 0.717) is 12.2 Å². The Bertz CT molecular complexity index is 737. The Labute approximate surface area is 141 Å². The smallest absolute Gasteiger partial charge is 0.275 e. The van der Waals surface area contributed by atoms with Crippen molar-refractivity contribution in [3.8, 4) is 11.4 Å². The van der Waals surface area contributed by atoms with Crippen molar-refractivity contribution in [3.63, 3.8) is 0 Å². The molecule has 2 N–H and O–H groups in total. The van der Waals surface area contributed by atoms with Crippen LogP contribution >= 0.6 is 0 Å². The quantitative estimate of drug-likeness (QED) is 0.818. The molecule has 1 unspecified atom stereocenters. The second-order valence-electron chi connectivity index (χ2n) is 5.85. The molecule has 0 radical (unpaired) electrons. The van der Waals surface area contributed by atoms with Gasteiger partial charge in [-0.1, -0.05) is 44.5 Å². The van der Waals surface area contributed by atoms with E-state index in [1.807, 2.05) is 31.2 Å². The van der Waals surface area contributed by atoms with Crippen LogP contribution in [0.15, 0.2) is 29.1 Å². The van der Waals surface area contributed by atoms with Gasteiger partial charge in [0.2, 0.25) is 5.91 Å². The van der Waals surface area contributed by atoms with Gasteiger partial charge in [-0.25, -0.2) is 0 Å². The summed E-state index contributed by atoms with van der Waals surface area (Å²) in [5.74, 6) is 0.235. The summed E-state index contributed by atoms with van der Waals surface area (Å²) in [5.41, 5.74) is 2.00. The normalized spacial score (nSPS) is 12.0. The van der Waals surface area contributed by atoms with Crippen molar-refractivity contribution < 1.29 is 4.79 Å². The standard InChI is InChI=1S/C18H24N4O2/c1-4-6-7-13-8-10-14(11-9-13)17-20-18(24)16(21-22-17)15(5-2)19-12(3)23/h8-11,15H,4-7H2,1-3H3,(H,19,23)(H,20,22,24). The van der Waals surface area contributed by atoms with Gasteiger partial charge in [0.05, 0.1) is 6.04 Å². The van der Waals surface area contributed by atoms with E-state index in [2.05, 4.69) is 27.4 Å². The molecule has 1 aromatic heterocycles. The summed E-state index contributed by atoms with van der Waals surface area (Å²) in [4.78, 5) is 26.3. The van der Waals surface area contributed by atoms with E-state index < -0.39 is 6.04 Å². The maximum atomic E-state index is 12.3. The molecule has 0 fully saturated rings. The highest BCUT2D eigenvalue weighted by Gasteiger charge is 2.17. The summed E-state index contributed by atoms with van der Waals surface area (Å²) in [6, 6.07) is 7.55. The fraction of sp³-hybridized carbons (Fsp3) is 0.444. The minimum Gasteiger partial charge on any atom is -0.348 e. The molecule has 0 aliphatic rings. The Kier molecular flexibility index (Phi) is 6.23. The lowest BCUT2D eigenvalue weighted by Gasteiger charge is -2.13. The molecule has 6 heteroatoms. The molecule has 0 saturated heterocycles. The lowest BCUT2D eigenvalue weighted by Crippen LogP contribution is -2.32. The highest BCUT2D eigenvalue weighted by molar-refractivity contribution is 5.73. The first kappa shape index (κ1) is 17.8. The van der Waals surface area contributed by atoms with Gasteiger partial charge in [0.25, 0.3) is 5.56 Å². The van der Waals surface area contributed by atoms with Crippen LogP contribution in [0.4, 0.5) is 0 Å². The van der Waals surface area contributed by atoms with E-state index >= 15 is 0 Å². The number of carbonyl (C=O) groups excluding carboxylic acids is 1. The van der Waals surface area contributed by atoms with Gasteiger partial charge >= 0.3 is 0 Å². The Morgan fingerprint density at radius 2 is 1.92 bits per heavy atom. The fourth-order valence-electron chi connectivity index (χ4n) is 2.52. The topological polar surface area (TPSA) is 87.7 Å². The highest BCUT2D eigenvalue weighted by atomic mass is 16.1. The molecule has 24 heavy (non-hydrogen) atoms. The van der Waals surface area contributed by atoms with Crippen LogP contribution in [0, 0.1) is 0 Å². The van der Waals surface area contributed by atoms with Crippen LogP contribution in [0.3, 0.4) is 0 Å². The minimum atomic E-state index is -0.427. The van der Waals surface area contributed by atoms with Gasteiger partial charge in [-0.3, -0.25) is 9.59 Å². The van der Waals surface area contributed by atoms with Crippen molar-refractivity contribution in [2.45, 2.75) is 52.5 Å². The molecule has 2 aromatic rings. The zero-order valence-electron chi connectivity index (χ0n) is 14.4. The number of aromatic amines is 1. The third kappa shape index (κ3) is 4.50. The van der Waals surface area contributed by atoms with Crippen LogP contribution in [0.1, 0.15) is 57.3 Å². The Balaban J connectivity index is 2.22. The summed E-state index contributed by atoms with van der Waals surface area (Å²) in [6.07, 6.45) is 3.94. The van der Waals surface area contributed by atoms with Gasteiger partial charge in [0.1, 0.15) is 0 Å². The van der Waals surface area contributed by atoms with Gasteiger partial charge in [-0.05, 0) is 24.8 Å². The van der Waals surface area contributed by atoms with E-state index in [9.17, 15) is 9.59 Å². The number of aromatic nitrogens is 3. The Morgan fingerprint density at radius 3 is 2.46 bits per heavy atom. The SMILES string of the molecule is CCCCc1ccc(-c2nnc(C(CC)NC(C)=O)c(=O)[nH]2)cc1. The number of benzene rings is 1. The van der Waals surface area contributed by atoms with Gasteiger partial charge in [-0.15, -0.1) is 10.2 Å². The van der Waals surface area contributed by atoms with E-state index in [1.165, 1.54) is 12.5 Å². The summed E-state index contributed by atoms with van der Waals surface area (Å²) in [6.45, 7) is 5.46. The number of carbonyl (C=O) groups is 1. The fourth-order valence-corrected chi connectivity index (χ4v) is 2.52. The van der Waals surface area contributed by atoms with Gasteiger partial charge < -0.3 is 10.3 Å². The van der Waals surface area contributed by atoms with E-state index in [-0.39, 0.29) is 17.2 Å². The molecule has 0 aliphatic carbocycles. The van der Waals surface area contributed by atoms with Crippen molar-refractivity contribution in [1.29, 1.82) is 0 Å². The largest absolute Gasteiger partial charge is 0.348 e. The molecule has 1 heterocycles. The number of amides is 1. The third-order valence-corrected chi connectivity index (χ3v) is 3.88. The number of aryl methyl sites for hydroxylation is 1. The van der Waals surface area contributed by atoms with Crippen LogP contribution in [0.25, 0.3) is 11.4 Å². The van der Waals surface area contributed by atoms with Crippen molar-refractivity contribution in [2.24, 2.45) is 0 Å². The number of nitrogens with zero attached hydrogens (tertiary/aromatic N) is 2. The van der Waals surface area contributed by atoms with Crippen LogP contribution in [-0.4, -0.2) is 21.1 Å². The molecule has 0 aliphatic heterocycles. The minimum absolute atomic E-state index is 0.199. The molecule has 0 bridgehead atoms. The summed E-state index contributed by atoms with van der Waals surface area (Å²) < 4.78 is 0. The van der Waals surface area contributed by atoms with Gasteiger partial charge in [0, 0.05) is 12.5 Å². The number of nitrogens with one attached hydrogen (secondary N) is 2. The molecular weight excluding hydrogens is 304 g/mol. The number of H-pyrrole nitrogens is 1. The molecule has 6 nitrogen and oxygen atoms in total. The summed E-state index contributed by atoms with van der Waals surface area (Å²) >= 11 is 0. The number of hydrogen-bond acceptors (Lipinski definition) is 4. The molecule has 0 spiro atoms. The molecule has 1 aromatic carbocycles. The zero-order chi connectivity index (χ0) is 17.5. The third-order valence-electron chi connectivity index (χ3n) is 3.88. The zero-order valence-corrected chi connectivity index (χ0v) is 14.4. The first-order chi connectivity index (χ1) is 11.5. The van der Waals surface area contributed by atoms with Crippen LogP contribution in [0.5, 0.6) is 0 Å². The molecule has 0 saturated carbocycles. The maximum Gasteiger partial charge on any atom is 0.275 e. The molecule has 1 amide bonds. The van der Waals surface area contributed by atoms with Crippen LogP contribution < -0.4 is 10.9 Å². The van der Waals surface area contributed by atoms with E-state index in [0.717, 1.165) is 24.8 Å². The molecule has 1 atom stereocenters. The van der Waals surface area contributed by atoms with Crippen molar-refractivity contribution in [1.82, 2.24) is 20.5 Å². The lowest BCUT2D eigenvalue weighted by molar-refractivity contribution is -0.119.